The third-order valence-corrected chi connectivity index (χ3v) is 9.90. The van der Waals surface area contributed by atoms with Gasteiger partial charge in [-0.05, 0) is 90.2 Å². The molecule has 4 atom stereocenters. The number of phenols is 1. The molecule has 3 rings (SSSR count). The van der Waals surface area contributed by atoms with Crippen molar-refractivity contribution in [1.29, 1.82) is 0 Å². The van der Waals surface area contributed by atoms with Gasteiger partial charge in [-0.3, -0.25) is 29.6 Å². The predicted molar refractivity (Wildman–Crippen MR) is 209 cm³/mol. The lowest BCUT2D eigenvalue weighted by molar-refractivity contribution is -0.167. The minimum atomic E-state index is -1.44. The molecule has 15 nitrogen and oxygen atoms in total. The highest BCUT2D eigenvalue weighted by molar-refractivity contribution is 6.02. The normalized spacial score (nSPS) is 19.4. The number of esters is 1. The SMILES string of the molecule is CCCCCCCCC=CCCCC(=O)N(O)CCCCC(NC(=O)C1(C)COC(c2ccccc2O)=N1)C(=O)OC(C)CC(=O)NC1CCCCN(O)C1=O. The number of hydrogen-bond acceptors (Lipinski definition) is 11. The van der Waals surface area contributed by atoms with Gasteiger partial charge in [0.1, 0.15) is 30.5 Å². The van der Waals surface area contributed by atoms with Crippen LogP contribution in [0.4, 0.5) is 0 Å². The highest BCUT2D eigenvalue weighted by Crippen LogP contribution is 2.26. The topological polar surface area (TPSA) is 207 Å². The number of nitrogens with one attached hydrogen (secondary N) is 2. The van der Waals surface area contributed by atoms with Gasteiger partial charge in [0.15, 0.2) is 5.54 Å². The van der Waals surface area contributed by atoms with E-state index in [0.29, 0.717) is 54.2 Å². The number of carbonyl (C=O) groups excluding carboxylic acids is 5. The number of nitrogens with zero attached hydrogens (tertiary/aromatic N) is 3. The van der Waals surface area contributed by atoms with Gasteiger partial charge in [0.25, 0.3) is 11.8 Å². The van der Waals surface area contributed by atoms with Crippen LogP contribution < -0.4 is 10.6 Å². The van der Waals surface area contributed by atoms with Crippen LogP contribution in [0.25, 0.3) is 0 Å². The fourth-order valence-electron chi connectivity index (χ4n) is 6.48. The van der Waals surface area contributed by atoms with Crippen LogP contribution >= 0.6 is 0 Å². The largest absolute Gasteiger partial charge is 0.507 e. The van der Waals surface area contributed by atoms with E-state index < -0.39 is 53.3 Å². The second kappa shape index (κ2) is 24.2. The molecule has 1 aromatic rings. The number of benzene rings is 1. The minimum Gasteiger partial charge on any atom is -0.507 e. The molecule has 1 aromatic carbocycles. The average Bonchev–Trinajstić information content (AvgIpc) is 3.50. The number of hydroxylamine groups is 4. The van der Waals surface area contributed by atoms with Crippen LogP contribution in [0, 0.1) is 0 Å². The number of ether oxygens (including phenoxy) is 2. The summed E-state index contributed by atoms with van der Waals surface area (Å²) in [5, 5.41) is 37.1. The summed E-state index contributed by atoms with van der Waals surface area (Å²) in [6, 6.07) is 4.34. The average molecular weight is 786 g/mol. The zero-order valence-corrected chi connectivity index (χ0v) is 33.4. The molecule has 4 unspecified atom stereocenters. The Morgan fingerprint density at radius 2 is 1.77 bits per heavy atom. The molecule has 15 heteroatoms. The summed E-state index contributed by atoms with van der Waals surface area (Å²) in [7, 11) is 0. The second-order valence-corrected chi connectivity index (χ2v) is 15.0. The first-order valence-electron chi connectivity index (χ1n) is 20.3. The van der Waals surface area contributed by atoms with Crippen molar-refractivity contribution in [3.8, 4) is 5.75 Å². The molecule has 2 aliphatic rings. The molecule has 2 aliphatic heterocycles. The van der Waals surface area contributed by atoms with Crippen LogP contribution in [0.5, 0.6) is 5.75 Å². The van der Waals surface area contributed by atoms with Gasteiger partial charge in [-0.2, -0.15) is 0 Å². The summed E-state index contributed by atoms with van der Waals surface area (Å²) < 4.78 is 11.3. The maximum Gasteiger partial charge on any atom is 0.328 e. The first-order valence-corrected chi connectivity index (χ1v) is 20.3. The Kier molecular flexibility index (Phi) is 19.8. The molecule has 0 radical (unpaired) electrons. The van der Waals surface area contributed by atoms with E-state index in [1.54, 1.807) is 18.2 Å². The number of carbonyl (C=O) groups is 5. The minimum absolute atomic E-state index is 0.0317. The summed E-state index contributed by atoms with van der Waals surface area (Å²) in [6.45, 7) is 5.32. The van der Waals surface area contributed by atoms with Crippen LogP contribution in [0.1, 0.15) is 135 Å². The number of aromatic hydroxyl groups is 1. The smallest absolute Gasteiger partial charge is 0.328 e. The molecule has 1 fully saturated rings. The lowest BCUT2D eigenvalue weighted by atomic mass is 10.0. The molecule has 0 bridgehead atoms. The lowest BCUT2D eigenvalue weighted by Gasteiger charge is -2.25. The third kappa shape index (κ3) is 15.6. The van der Waals surface area contributed by atoms with Gasteiger partial charge >= 0.3 is 5.97 Å². The Morgan fingerprint density at radius 1 is 1.05 bits per heavy atom. The van der Waals surface area contributed by atoms with E-state index in [9.17, 15) is 39.5 Å². The second-order valence-electron chi connectivity index (χ2n) is 15.0. The summed E-state index contributed by atoms with van der Waals surface area (Å²) in [5.41, 5.74) is -1.13. The summed E-state index contributed by atoms with van der Waals surface area (Å²) in [5.74, 6) is -2.97. The maximum atomic E-state index is 13.6. The van der Waals surface area contributed by atoms with Crippen molar-refractivity contribution in [2.45, 2.75) is 154 Å². The number of para-hydroxylation sites is 1. The van der Waals surface area contributed by atoms with E-state index >= 15 is 0 Å². The molecule has 2 heterocycles. The Hall–Kier alpha value is -4.50. The molecule has 0 aromatic heterocycles. The summed E-state index contributed by atoms with van der Waals surface area (Å²) in [4.78, 5) is 69.2. The maximum absolute atomic E-state index is 13.6. The molecule has 1 saturated heterocycles. The van der Waals surface area contributed by atoms with Crippen molar-refractivity contribution in [2.24, 2.45) is 4.99 Å². The van der Waals surface area contributed by atoms with Crippen LogP contribution in [-0.2, 0) is 33.4 Å². The highest BCUT2D eigenvalue weighted by atomic mass is 16.5. The molecule has 0 aliphatic carbocycles. The van der Waals surface area contributed by atoms with Gasteiger partial charge in [0, 0.05) is 19.5 Å². The van der Waals surface area contributed by atoms with E-state index in [1.165, 1.54) is 58.4 Å². The quantitative estimate of drug-likeness (QED) is 0.0293. The van der Waals surface area contributed by atoms with Crippen molar-refractivity contribution in [3.63, 3.8) is 0 Å². The van der Waals surface area contributed by atoms with Crippen molar-refractivity contribution < 1.29 is 49.0 Å². The third-order valence-electron chi connectivity index (χ3n) is 9.90. The molecular weight excluding hydrogens is 722 g/mol. The van der Waals surface area contributed by atoms with Crippen molar-refractivity contribution >= 4 is 35.5 Å². The zero-order chi connectivity index (χ0) is 40.9. The number of unbranched alkanes of at least 4 members (excludes halogenated alkanes) is 8. The lowest BCUT2D eigenvalue weighted by Crippen LogP contribution is -2.52. The first kappa shape index (κ1) is 45.9. The Labute approximate surface area is 330 Å². The standard InChI is InChI=1S/C41H63N5O10/c1-4-5-6-7-8-9-10-11-12-13-14-25-36(49)45(53)26-19-18-23-33(43-40(52)41(3)29-55-37(44-41)31-21-15-16-24-34(31)47)39(51)56-30(2)28-35(48)42-32-22-17-20-27-46(54)38(32)50/h11-12,15-16,21,24,30,32-33,47,53-54H,4-10,13-14,17-20,22-23,25-29H2,1-3H3,(H,42,48)(H,43,52). The highest BCUT2D eigenvalue weighted by Gasteiger charge is 2.42. The molecular formula is C41H63N5O10. The van der Waals surface area contributed by atoms with Crippen molar-refractivity contribution in [2.75, 3.05) is 19.7 Å². The van der Waals surface area contributed by atoms with Gasteiger partial charge in [0.05, 0.1) is 12.0 Å². The summed E-state index contributed by atoms with van der Waals surface area (Å²) >= 11 is 0. The Morgan fingerprint density at radius 3 is 2.52 bits per heavy atom. The number of allylic oxidation sites excluding steroid dienone is 2. The zero-order valence-electron chi connectivity index (χ0n) is 33.4. The first-order chi connectivity index (χ1) is 26.8. The van der Waals surface area contributed by atoms with Crippen LogP contribution in [0.15, 0.2) is 41.4 Å². The molecule has 56 heavy (non-hydrogen) atoms. The number of phenolic OH excluding ortho intramolecular Hbond substituents is 1. The van der Waals surface area contributed by atoms with Crippen LogP contribution in [0.2, 0.25) is 0 Å². The Balaban J connectivity index is 1.53. The van der Waals surface area contributed by atoms with Crippen LogP contribution in [0.3, 0.4) is 0 Å². The van der Waals surface area contributed by atoms with E-state index in [4.69, 9.17) is 9.47 Å². The van der Waals surface area contributed by atoms with Crippen molar-refractivity contribution in [3.05, 3.63) is 42.0 Å². The van der Waals surface area contributed by atoms with Gasteiger partial charge in [0.2, 0.25) is 17.7 Å². The van der Waals surface area contributed by atoms with E-state index in [1.807, 2.05) is 0 Å². The summed E-state index contributed by atoms with van der Waals surface area (Å²) in [6.07, 6.45) is 15.5. The van der Waals surface area contributed by atoms with Gasteiger partial charge in [-0.15, -0.1) is 0 Å². The fourth-order valence-corrected chi connectivity index (χ4v) is 6.48. The van der Waals surface area contributed by atoms with E-state index in [2.05, 4.69) is 34.7 Å². The van der Waals surface area contributed by atoms with Gasteiger partial charge in [-0.1, -0.05) is 63.3 Å². The molecule has 0 saturated carbocycles. The van der Waals surface area contributed by atoms with E-state index in [0.717, 1.165) is 12.8 Å². The number of rotatable bonds is 24. The van der Waals surface area contributed by atoms with E-state index in [-0.39, 0.29) is 50.6 Å². The number of aliphatic imine (C=N–C) groups is 1. The fraction of sp³-hybridized carbons (Fsp3) is 0.659. The molecule has 4 amide bonds. The van der Waals surface area contributed by atoms with Gasteiger partial charge in [-0.25, -0.2) is 19.9 Å². The number of amides is 4. The monoisotopic (exact) mass is 785 g/mol. The Bertz CT molecular complexity index is 1500. The number of hydrogen-bond donors (Lipinski definition) is 5. The van der Waals surface area contributed by atoms with Gasteiger partial charge < -0.3 is 25.2 Å². The molecule has 0 spiro atoms. The van der Waals surface area contributed by atoms with Crippen LogP contribution in [-0.4, -0.2) is 105 Å². The molecule has 5 N–H and O–H groups in total. The predicted octanol–water partition coefficient (Wildman–Crippen LogP) is 5.49. The molecule has 312 valence electrons. The van der Waals surface area contributed by atoms with Crippen molar-refractivity contribution in [1.82, 2.24) is 20.8 Å².